The van der Waals surface area contributed by atoms with Gasteiger partial charge in [0.15, 0.2) is 0 Å². The van der Waals surface area contributed by atoms with Gasteiger partial charge in [-0.3, -0.25) is 0 Å². The topological polar surface area (TPSA) is 37.3 Å². The van der Waals surface area contributed by atoms with Crippen molar-refractivity contribution in [2.45, 2.75) is 37.5 Å². The number of aromatic hydroxyl groups is 1. The van der Waals surface area contributed by atoms with Crippen molar-refractivity contribution in [3.05, 3.63) is 64.6 Å². The molecule has 1 atom stereocenters. The highest BCUT2D eigenvalue weighted by Gasteiger charge is 2.24. The lowest BCUT2D eigenvalue weighted by atomic mass is 9.96. The second-order valence-corrected chi connectivity index (χ2v) is 6.85. The summed E-state index contributed by atoms with van der Waals surface area (Å²) >= 11 is 0. The van der Waals surface area contributed by atoms with Crippen LogP contribution in [0.3, 0.4) is 0 Å². The van der Waals surface area contributed by atoms with Gasteiger partial charge in [-0.25, -0.2) is 4.21 Å². The van der Waals surface area contributed by atoms with E-state index in [4.69, 9.17) is 0 Å². The standard InChI is InChI=1S/C19H20O2S/c1-2-6-17-18(20)12-11-16-15(13-22(21)19(16)17)10-9-14-7-4-3-5-8-14/h3-5,7-8,11-13,20H,2,6,9-10H2,1H3. The van der Waals surface area contributed by atoms with Gasteiger partial charge in [-0.05, 0) is 48.1 Å². The van der Waals surface area contributed by atoms with Crippen molar-refractivity contribution in [2.24, 2.45) is 0 Å². The van der Waals surface area contributed by atoms with E-state index in [1.807, 2.05) is 29.7 Å². The molecule has 0 saturated heterocycles. The van der Waals surface area contributed by atoms with E-state index in [9.17, 15) is 9.32 Å². The quantitative estimate of drug-likeness (QED) is 0.886. The number of rotatable bonds is 5. The van der Waals surface area contributed by atoms with Crippen molar-refractivity contribution in [3.63, 3.8) is 0 Å². The summed E-state index contributed by atoms with van der Waals surface area (Å²) in [6.07, 6.45) is 3.51. The molecule has 0 aromatic heterocycles. The molecule has 1 aliphatic rings. The molecule has 0 saturated carbocycles. The Morgan fingerprint density at radius 3 is 2.50 bits per heavy atom. The second-order valence-electron chi connectivity index (χ2n) is 5.62. The Hall–Kier alpha value is -1.87. The lowest BCUT2D eigenvalue weighted by Crippen LogP contribution is -1.96. The van der Waals surface area contributed by atoms with Crippen molar-refractivity contribution >= 4 is 16.4 Å². The van der Waals surface area contributed by atoms with Crippen molar-refractivity contribution in [2.75, 3.05) is 0 Å². The van der Waals surface area contributed by atoms with Crippen LogP contribution in [-0.2, 0) is 23.6 Å². The summed E-state index contributed by atoms with van der Waals surface area (Å²) < 4.78 is 12.5. The molecule has 3 rings (SSSR count). The lowest BCUT2D eigenvalue weighted by Gasteiger charge is -2.11. The Bertz CT molecular complexity index is 733. The molecule has 1 N–H and O–H groups in total. The monoisotopic (exact) mass is 312 g/mol. The first-order chi connectivity index (χ1) is 10.7. The number of aryl methyl sites for hydroxylation is 1. The fraction of sp³-hybridized carbons (Fsp3) is 0.263. The van der Waals surface area contributed by atoms with Crippen LogP contribution in [0.2, 0.25) is 0 Å². The number of allylic oxidation sites excluding steroid dienone is 1. The van der Waals surface area contributed by atoms with Crippen molar-refractivity contribution in [1.29, 1.82) is 0 Å². The predicted molar refractivity (Wildman–Crippen MR) is 91.3 cm³/mol. The van der Waals surface area contributed by atoms with Crippen LogP contribution in [0.25, 0.3) is 5.57 Å². The molecule has 0 amide bonds. The molecular weight excluding hydrogens is 292 g/mol. The Kier molecular flexibility index (Phi) is 4.44. The molecule has 1 aliphatic heterocycles. The third-order valence-electron chi connectivity index (χ3n) is 4.06. The molecule has 1 unspecified atom stereocenters. The molecule has 0 aliphatic carbocycles. The summed E-state index contributed by atoms with van der Waals surface area (Å²) in [6.45, 7) is 2.07. The second kappa shape index (κ2) is 6.49. The van der Waals surface area contributed by atoms with Gasteiger partial charge < -0.3 is 5.11 Å². The molecule has 2 aromatic carbocycles. The van der Waals surface area contributed by atoms with Gasteiger partial charge in [-0.1, -0.05) is 43.7 Å². The van der Waals surface area contributed by atoms with Gasteiger partial charge >= 0.3 is 0 Å². The van der Waals surface area contributed by atoms with E-state index in [1.165, 1.54) is 5.56 Å². The van der Waals surface area contributed by atoms with Gasteiger partial charge in [0.1, 0.15) is 5.75 Å². The number of phenolic OH excluding ortho intramolecular Hbond substituents is 1. The summed E-state index contributed by atoms with van der Waals surface area (Å²) in [4.78, 5) is 0.824. The molecule has 2 aromatic rings. The number of fused-ring (bicyclic) bond motifs is 1. The van der Waals surface area contributed by atoms with Crippen LogP contribution in [0.15, 0.2) is 52.8 Å². The number of hydrogen-bond donors (Lipinski definition) is 1. The van der Waals surface area contributed by atoms with Gasteiger partial charge in [-0.15, -0.1) is 0 Å². The normalized spacial score (nSPS) is 16.4. The highest BCUT2D eigenvalue weighted by molar-refractivity contribution is 7.88. The van der Waals surface area contributed by atoms with E-state index in [1.54, 1.807) is 6.07 Å². The Morgan fingerprint density at radius 1 is 1.00 bits per heavy atom. The minimum Gasteiger partial charge on any atom is -0.508 e. The first-order valence-corrected chi connectivity index (χ1v) is 8.92. The maximum absolute atomic E-state index is 12.5. The van der Waals surface area contributed by atoms with Gasteiger partial charge in [0.05, 0.1) is 15.7 Å². The van der Waals surface area contributed by atoms with Crippen LogP contribution in [0.4, 0.5) is 0 Å². The first kappa shape index (κ1) is 15.0. The van der Waals surface area contributed by atoms with E-state index >= 15 is 0 Å². The van der Waals surface area contributed by atoms with Crippen LogP contribution in [0, 0.1) is 0 Å². The molecule has 1 heterocycles. The van der Waals surface area contributed by atoms with E-state index < -0.39 is 10.8 Å². The minimum atomic E-state index is -1.13. The minimum absolute atomic E-state index is 0.270. The fourth-order valence-corrected chi connectivity index (χ4v) is 4.45. The molecule has 3 heteroatoms. The zero-order valence-electron chi connectivity index (χ0n) is 12.7. The Labute approximate surface area is 134 Å². The van der Waals surface area contributed by atoms with Crippen LogP contribution in [0.1, 0.15) is 36.5 Å². The largest absolute Gasteiger partial charge is 0.508 e. The molecular formula is C19H20O2S. The number of benzene rings is 2. The Balaban J connectivity index is 1.87. The van der Waals surface area contributed by atoms with Crippen molar-refractivity contribution in [3.8, 4) is 5.75 Å². The summed E-state index contributed by atoms with van der Waals surface area (Å²) in [7, 11) is -1.13. The molecule has 22 heavy (non-hydrogen) atoms. The van der Waals surface area contributed by atoms with Gasteiger partial charge in [-0.2, -0.15) is 0 Å². The van der Waals surface area contributed by atoms with Gasteiger partial charge in [0.2, 0.25) is 0 Å². The molecule has 0 bridgehead atoms. The summed E-state index contributed by atoms with van der Waals surface area (Å²) in [5.74, 6) is 0.270. The third-order valence-corrected chi connectivity index (χ3v) is 5.43. The molecule has 2 nitrogen and oxygen atoms in total. The van der Waals surface area contributed by atoms with E-state index in [0.717, 1.165) is 47.3 Å². The summed E-state index contributed by atoms with van der Waals surface area (Å²) in [6, 6.07) is 14.0. The number of hydrogen-bond acceptors (Lipinski definition) is 2. The highest BCUT2D eigenvalue weighted by atomic mass is 32.2. The molecule has 0 spiro atoms. The molecule has 0 radical (unpaired) electrons. The Morgan fingerprint density at radius 2 is 1.77 bits per heavy atom. The fourth-order valence-electron chi connectivity index (χ4n) is 2.96. The highest BCUT2D eigenvalue weighted by Crippen LogP contribution is 2.39. The third kappa shape index (κ3) is 2.86. The maximum Gasteiger partial charge on any atom is 0.120 e. The first-order valence-electron chi connectivity index (χ1n) is 7.71. The maximum atomic E-state index is 12.5. The van der Waals surface area contributed by atoms with Crippen molar-refractivity contribution in [1.82, 2.24) is 0 Å². The van der Waals surface area contributed by atoms with E-state index in [2.05, 4.69) is 19.1 Å². The summed E-state index contributed by atoms with van der Waals surface area (Å²) in [5, 5.41) is 11.9. The van der Waals surface area contributed by atoms with E-state index in [-0.39, 0.29) is 5.75 Å². The molecule has 114 valence electrons. The average molecular weight is 312 g/mol. The lowest BCUT2D eigenvalue weighted by molar-refractivity contribution is 0.465. The zero-order chi connectivity index (χ0) is 15.5. The van der Waals surface area contributed by atoms with Crippen LogP contribution >= 0.6 is 0 Å². The SMILES string of the molecule is CCCc1c(O)ccc2c1S(=O)C=C2CCc1ccccc1. The van der Waals surface area contributed by atoms with Gasteiger partial charge in [0.25, 0.3) is 0 Å². The van der Waals surface area contributed by atoms with Crippen LogP contribution in [0.5, 0.6) is 5.75 Å². The van der Waals surface area contributed by atoms with Gasteiger partial charge in [0, 0.05) is 11.0 Å². The van der Waals surface area contributed by atoms with Crippen molar-refractivity contribution < 1.29 is 9.32 Å². The number of phenols is 1. The smallest absolute Gasteiger partial charge is 0.120 e. The summed E-state index contributed by atoms with van der Waals surface area (Å²) in [5.41, 5.74) is 4.32. The van der Waals surface area contributed by atoms with E-state index in [0.29, 0.717) is 0 Å². The molecule has 0 fully saturated rings. The van der Waals surface area contributed by atoms with Crippen LogP contribution in [-0.4, -0.2) is 9.32 Å². The average Bonchev–Trinajstić information content (AvgIpc) is 2.85. The zero-order valence-corrected chi connectivity index (χ0v) is 13.5. The predicted octanol–water partition coefficient (Wildman–Crippen LogP) is 4.44. The van der Waals surface area contributed by atoms with Crippen LogP contribution < -0.4 is 0 Å².